The molecule has 1 N–H and O–H groups in total. The number of nitrogens with zero attached hydrogens (tertiary/aromatic N) is 2. The van der Waals surface area contributed by atoms with Crippen molar-refractivity contribution in [1.29, 1.82) is 0 Å². The Morgan fingerprint density at radius 2 is 1.73 bits per heavy atom. The molecule has 1 aromatic heterocycles. The number of amides is 1. The van der Waals surface area contributed by atoms with Crippen molar-refractivity contribution in [1.82, 2.24) is 10.2 Å². The van der Waals surface area contributed by atoms with E-state index in [1.54, 1.807) is 18.2 Å². The SMILES string of the molecule is COc1cc(C(=O)Nc2cc(-c3nnco3)ccc2C)cc(OC)c1OCc1ccccc1. The molecule has 4 aromatic rings. The molecule has 0 unspecified atom stereocenters. The summed E-state index contributed by atoms with van der Waals surface area (Å²) in [6.45, 7) is 2.23. The van der Waals surface area contributed by atoms with Crippen LogP contribution in [0, 0.1) is 6.92 Å². The number of methoxy groups -OCH3 is 2. The van der Waals surface area contributed by atoms with Gasteiger partial charge in [0.1, 0.15) is 6.61 Å². The number of rotatable bonds is 8. The lowest BCUT2D eigenvalue weighted by Gasteiger charge is -2.16. The number of hydrogen-bond acceptors (Lipinski definition) is 7. The molecule has 0 saturated heterocycles. The molecule has 168 valence electrons. The van der Waals surface area contributed by atoms with Crippen LogP contribution in [0.15, 0.2) is 71.5 Å². The van der Waals surface area contributed by atoms with Crippen LogP contribution in [0.1, 0.15) is 21.5 Å². The predicted octanol–water partition coefficient (Wildman–Crippen LogP) is 4.89. The van der Waals surface area contributed by atoms with E-state index >= 15 is 0 Å². The third kappa shape index (κ3) is 4.95. The van der Waals surface area contributed by atoms with Crippen LogP contribution in [0.3, 0.4) is 0 Å². The Labute approximate surface area is 191 Å². The average Bonchev–Trinajstić information content (AvgIpc) is 3.39. The monoisotopic (exact) mass is 445 g/mol. The molecule has 0 atom stereocenters. The van der Waals surface area contributed by atoms with Gasteiger partial charge in [0.05, 0.1) is 14.2 Å². The molecule has 0 saturated carbocycles. The zero-order valence-corrected chi connectivity index (χ0v) is 18.5. The van der Waals surface area contributed by atoms with E-state index in [1.807, 2.05) is 49.4 Å². The summed E-state index contributed by atoms with van der Waals surface area (Å²) in [5.41, 5.74) is 3.57. The Kier molecular flexibility index (Phi) is 6.54. The molecule has 4 rings (SSSR count). The van der Waals surface area contributed by atoms with E-state index in [2.05, 4.69) is 15.5 Å². The Balaban J connectivity index is 1.58. The number of carbonyl (C=O) groups excluding carboxylic acids is 1. The number of carbonyl (C=O) groups is 1. The molecule has 8 heteroatoms. The van der Waals surface area contributed by atoms with Gasteiger partial charge in [-0.1, -0.05) is 36.4 Å². The molecule has 1 amide bonds. The molecule has 0 bridgehead atoms. The summed E-state index contributed by atoms with van der Waals surface area (Å²) >= 11 is 0. The number of aromatic nitrogens is 2. The second kappa shape index (κ2) is 9.86. The van der Waals surface area contributed by atoms with Gasteiger partial charge in [-0.3, -0.25) is 4.79 Å². The molecule has 0 radical (unpaired) electrons. The second-order valence-electron chi connectivity index (χ2n) is 7.21. The third-order valence-electron chi connectivity index (χ3n) is 5.04. The van der Waals surface area contributed by atoms with Gasteiger partial charge in [-0.05, 0) is 42.3 Å². The lowest BCUT2D eigenvalue weighted by molar-refractivity contribution is 0.102. The van der Waals surface area contributed by atoms with E-state index < -0.39 is 0 Å². The van der Waals surface area contributed by atoms with Crippen LogP contribution in [0.2, 0.25) is 0 Å². The molecule has 0 aliphatic rings. The van der Waals surface area contributed by atoms with Crippen molar-refractivity contribution in [3.05, 3.63) is 83.7 Å². The Morgan fingerprint density at radius 3 is 2.36 bits per heavy atom. The van der Waals surface area contributed by atoms with Crippen LogP contribution < -0.4 is 19.5 Å². The summed E-state index contributed by atoms with van der Waals surface area (Å²) < 4.78 is 22.2. The molecule has 33 heavy (non-hydrogen) atoms. The lowest BCUT2D eigenvalue weighted by atomic mass is 10.1. The van der Waals surface area contributed by atoms with Crippen molar-refractivity contribution < 1.29 is 23.4 Å². The standard InChI is InChI=1S/C25H23N3O5/c1-16-9-10-18(25-28-26-15-33-25)11-20(16)27-24(29)19-12-21(30-2)23(22(13-19)31-3)32-14-17-7-5-4-6-8-17/h4-13,15H,14H2,1-3H3,(H,27,29). The smallest absolute Gasteiger partial charge is 0.255 e. The molecule has 0 aliphatic heterocycles. The summed E-state index contributed by atoms with van der Waals surface area (Å²) in [6, 6.07) is 18.5. The van der Waals surface area contributed by atoms with Crippen molar-refractivity contribution in [3.8, 4) is 28.7 Å². The largest absolute Gasteiger partial charge is 0.493 e. The normalized spacial score (nSPS) is 10.5. The quantitative estimate of drug-likeness (QED) is 0.412. The highest BCUT2D eigenvalue weighted by Gasteiger charge is 2.19. The minimum absolute atomic E-state index is 0.327. The molecule has 0 aliphatic carbocycles. The maximum atomic E-state index is 13.1. The summed E-state index contributed by atoms with van der Waals surface area (Å²) in [4.78, 5) is 13.1. The Hall–Kier alpha value is -4.33. The van der Waals surface area contributed by atoms with Gasteiger partial charge >= 0.3 is 0 Å². The minimum Gasteiger partial charge on any atom is -0.493 e. The minimum atomic E-state index is -0.327. The number of aryl methyl sites for hydroxylation is 1. The van der Waals surface area contributed by atoms with Crippen molar-refractivity contribution in [2.24, 2.45) is 0 Å². The zero-order chi connectivity index (χ0) is 23.2. The van der Waals surface area contributed by atoms with Gasteiger partial charge in [-0.25, -0.2) is 0 Å². The molecule has 3 aromatic carbocycles. The van der Waals surface area contributed by atoms with Crippen LogP contribution in [0.5, 0.6) is 17.2 Å². The van der Waals surface area contributed by atoms with E-state index in [-0.39, 0.29) is 5.91 Å². The van der Waals surface area contributed by atoms with Gasteiger partial charge in [0, 0.05) is 16.8 Å². The van der Waals surface area contributed by atoms with Crippen molar-refractivity contribution in [2.75, 3.05) is 19.5 Å². The molecular formula is C25H23N3O5. The number of benzene rings is 3. The Morgan fingerprint density at radius 1 is 1.00 bits per heavy atom. The maximum absolute atomic E-state index is 13.1. The maximum Gasteiger partial charge on any atom is 0.255 e. The molecule has 8 nitrogen and oxygen atoms in total. The fourth-order valence-corrected chi connectivity index (χ4v) is 3.27. The van der Waals surface area contributed by atoms with Crippen LogP contribution in [0.25, 0.3) is 11.5 Å². The topological polar surface area (TPSA) is 95.7 Å². The Bertz CT molecular complexity index is 1220. The van der Waals surface area contributed by atoms with Gasteiger partial charge in [-0.2, -0.15) is 0 Å². The van der Waals surface area contributed by atoms with Gasteiger partial charge in [-0.15, -0.1) is 10.2 Å². The summed E-state index contributed by atoms with van der Waals surface area (Å²) in [5.74, 6) is 1.26. The summed E-state index contributed by atoms with van der Waals surface area (Å²) in [7, 11) is 3.04. The highest BCUT2D eigenvalue weighted by molar-refractivity contribution is 6.05. The first-order chi connectivity index (χ1) is 16.1. The van der Waals surface area contributed by atoms with E-state index in [0.717, 1.165) is 11.1 Å². The molecular weight excluding hydrogens is 422 g/mol. The van der Waals surface area contributed by atoms with Crippen LogP contribution >= 0.6 is 0 Å². The molecule has 1 heterocycles. The van der Waals surface area contributed by atoms with Crippen molar-refractivity contribution >= 4 is 11.6 Å². The second-order valence-corrected chi connectivity index (χ2v) is 7.21. The van der Waals surface area contributed by atoms with Gasteiger partial charge in [0.25, 0.3) is 5.91 Å². The fourth-order valence-electron chi connectivity index (χ4n) is 3.27. The number of nitrogens with one attached hydrogen (secondary N) is 1. The summed E-state index contributed by atoms with van der Waals surface area (Å²) in [5, 5.41) is 10.5. The van der Waals surface area contributed by atoms with Crippen molar-refractivity contribution in [2.45, 2.75) is 13.5 Å². The predicted molar refractivity (Wildman–Crippen MR) is 123 cm³/mol. The van der Waals surface area contributed by atoms with E-state index in [4.69, 9.17) is 18.6 Å². The van der Waals surface area contributed by atoms with Gasteiger partial charge in [0.2, 0.25) is 18.0 Å². The first-order valence-electron chi connectivity index (χ1n) is 10.2. The number of anilines is 1. The van der Waals surface area contributed by atoms with E-state index in [1.165, 1.54) is 20.6 Å². The van der Waals surface area contributed by atoms with Crippen molar-refractivity contribution in [3.63, 3.8) is 0 Å². The van der Waals surface area contributed by atoms with Crippen LogP contribution in [0.4, 0.5) is 5.69 Å². The van der Waals surface area contributed by atoms with Gasteiger partial charge in [0.15, 0.2) is 11.5 Å². The van der Waals surface area contributed by atoms with E-state index in [0.29, 0.717) is 46.6 Å². The van der Waals surface area contributed by atoms with E-state index in [9.17, 15) is 4.79 Å². The average molecular weight is 445 g/mol. The number of ether oxygens (including phenoxy) is 3. The van der Waals surface area contributed by atoms with Crippen LogP contribution in [-0.4, -0.2) is 30.3 Å². The van der Waals surface area contributed by atoms with Gasteiger partial charge < -0.3 is 23.9 Å². The number of hydrogen-bond donors (Lipinski definition) is 1. The first kappa shape index (κ1) is 21.9. The molecule has 0 fully saturated rings. The highest BCUT2D eigenvalue weighted by atomic mass is 16.5. The third-order valence-corrected chi connectivity index (χ3v) is 5.04. The first-order valence-corrected chi connectivity index (χ1v) is 10.2. The zero-order valence-electron chi connectivity index (χ0n) is 18.5. The van der Waals surface area contributed by atoms with Crippen LogP contribution in [-0.2, 0) is 6.61 Å². The molecule has 0 spiro atoms. The fraction of sp³-hybridized carbons (Fsp3) is 0.160. The highest BCUT2D eigenvalue weighted by Crippen LogP contribution is 2.39. The lowest BCUT2D eigenvalue weighted by Crippen LogP contribution is -2.13. The summed E-state index contributed by atoms with van der Waals surface area (Å²) in [6.07, 6.45) is 1.26.